The smallest absolute Gasteiger partial charge is 0.126 e. The molecule has 1 rings (SSSR count). The monoisotopic (exact) mass is 222 g/mol. The van der Waals surface area contributed by atoms with Gasteiger partial charge >= 0.3 is 0 Å². The molecule has 0 atom stereocenters. The van der Waals surface area contributed by atoms with Gasteiger partial charge < -0.3 is 9.84 Å². The summed E-state index contributed by atoms with van der Waals surface area (Å²) in [4.78, 5) is 0. The molecular weight excluding hydrogens is 200 g/mol. The number of aliphatic hydroxyl groups excluding tert-OH is 1. The fourth-order valence-electron chi connectivity index (χ4n) is 1.38. The van der Waals surface area contributed by atoms with Gasteiger partial charge in [0.1, 0.15) is 11.4 Å². The summed E-state index contributed by atoms with van der Waals surface area (Å²) < 4.78 is 5.74. The summed E-state index contributed by atoms with van der Waals surface area (Å²) in [6.07, 6.45) is 0. The van der Waals surface area contributed by atoms with E-state index in [4.69, 9.17) is 9.84 Å². The molecule has 0 fully saturated rings. The van der Waals surface area contributed by atoms with Crippen LogP contribution in [0.4, 0.5) is 0 Å². The fraction of sp³-hybridized carbons (Fsp3) is 0.571. The van der Waals surface area contributed by atoms with E-state index >= 15 is 0 Å². The number of ether oxygens (including phenoxy) is 1. The van der Waals surface area contributed by atoms with Gasteiger partial charge in [-0.3, -0.25) is 0 Å². The second kappa shape index (κ2) is 4.46. The lowest BCUT2D eigenvalue weighted by Gasteiger charge is -2.26. The summed E-state index contributed by atoms with van der Waals surface area (Å²) in [5.41, 5.74) is 0.818. The Kier molecular flexibility index (Phi) is 3.64. The third-order valence-electron chi connectivity index (χ3n) is 2.47. The highest BCUT2D eigenvalue weighted by Gasteiger charge is 2.19. The Morgan fingerprint density at radius 1 is 1.12 bits per heavy atom. The first kappa shape index (κ1) is 13.0. The van der Waals surface area contributed by atoms with E-state index in [0.717, 1.165) is 5.75 Å². The maximum absolute atomic E-state index is 9.16. The van der Waals surface area contributed by atoms with E-state index in [0.29, 0.717) is 0 Å². The average Bonchev–Trinajstić information content (AvgIpc) is 2.16. The zero-order valence-electron chi connectivity index (χ0n) is 10.9. The standard InChI is InChI=1S/C14H22O2/c1-13(2,3)11-7-6-8-12(9-11)16-14(4,5)10-15/h6-9,15H,10H2,1-5H3. The number of hydrogen-bond acceptors (Lipinski definition) is 2. The maximum Gasteiger partial charge on any atom is 0.126 e. The zero-order valence-corrected chi connectivity index (χ0v) is 10.9. The van der Waals surface area contributed by atoms with Crippen LogP contribution in [0.1, 0.15) is 40.2 Å². The molecule has 2 heteroatoms. The molecule has 0 aliphatic rings. The summed E-state index contributed by atoms with van der Waals surface area (Å²) in [6.45, 7) is 10.3. The molecule has 0 unspecified atom stereocenters. The van der Waals surface area contributed by atoms with Crippen molar-refractivity contribution < 1.29 is 9.84 Å². The van der Waals surface area contributed by atoms with Gasteiger partial charge in [0.05, 0.1) is 6.61 Å². The SMILES string of the molecule is CC(C)(CO)Oc1cccc(C(C)(C)C)c1. The highest BCUT2D eigenvalue weighted by molar-refractivity contribution is 5.33. The molecule has 0 aliphatic carbocycles. The van der Waals surface area contributed by atoms with Gasteiger partial charge in [-0.2, -0.15) is 0 Å². The first-order chi connectivity index (χ1) is 7.24. The average molecular weight is 222 g/mol. The van der Waals surface area contributed by atoms with Crippen LogP contribution >= 0.6 is 0 Å². The van der Waals surface area contributed by atoms with E-state index in [1.807, 2.05) is 32.0 Å². The maximum atomic E-state index is 9.16. The summed E-state index contributed by atoms with van der Waals surface area (Å²) >= 11 is 0. The van der Waals surface area contributed by atoms with Gasteiger partial charge in [0.15, 0.2) is 0 Å². The number of hydrogen-bond donors (Lipinski definition) is 1. The molecule has 0 heterocycles. The van der Waals surface area contributed by atoms with Crippen molar-refractivity contribution >= 4 is 0 Å². The Bertz CT molecular complexity index is 348. The zero-order chi connectivity index (χ0) is 12.4. The second-order valence-electron chi connectivity index (χ2n) is 5.80. The van der Waals surface area contributed by atoms with Crippen LogP contribution in [-0.2, 0) is 5.41 Å². The number of benzene rings is 1. The minimum absolute atomic E-state index is 0.00669. The van der Waals surface area contributed by atoms with Gasteiger partial charge in [-0.1, -0.05) is 32.9 Å². The Balaban J connectivity index is 2.92. The van der Waals surface area contributed by atoms with Crippen LogP contribution < -0.4 is 4.74 Å². The van der Waals surface area contributed by atoms with Crippen LogP contribution in [-0.4, -0.2) is 17.3 Å². The summed E-state index contributed by atoms with van der Waals surface area (Å²) in [5.74, 6) is 0.812. The molecule has 1 aromatic rings. The molecule has 90 valence electrons. The van der Waals surface area contributed by atoms with Crippen molar-refractivity contribution in [1.29, 1.82) is 0 Å². The molecule has 0 spiro atoms. The van der Waals surface area contributed by atoms with Crippen LogP contribution in [0.2, 0.25) is 0 Å². The fourth-order valence-corrected chi connectivity index (χ4v) is 1.38. The molecule has 0 aliphatic heterocycles. The van der Waals surface area contributed by atoms with Crippen molar-refractivity contribution in [1.82, 2.24) is 0 Å². The minimum atomic E-state index is -0.531. The quantitative estimate of drug-likeness (QED) is 0.851. The molecule has 16 heavy (non-hydrogen) atoms. The van der Waals surface area contributed by atoms with Crippen LogP contribution in [0.5, 0.6) is 5.75 Å². The first-order valence-corrected chi connectivity index (χ1v) is 5.65. The lowest BCUT2D eigenvalue weighted by molar-refractivity contribution is 0.0411. The van der Waals surface area contributed by atoms with Gasteiger partial charge in [0, 0.05) is 0 Å². The summed E-state index contributed by atoms with van der Waals surface area (Å²) in [7, 11) is 0. The van der Waals surface area contributed by atoms with Crippen molar-refractivity contribution in [2.24, 2.45) is 0 Å². The second-order valence-corrected chi connectivity index (χ2v) is 5.80. The van der Waals surface area contributed by atoms with E-state index in [2.05, 4.69) is 26.8 Å². The first-order valence-electron chi connectivity index (χ1n) is 5.65. The van der Waals surface area contributed by atoms with Crippen LogP contribution in [0, 0.1) is 0 Å². The molecular formula is C14H22O2. The van der Waals surface area contributed by atoms with E-state index in [-0.39, 0.29) is 12.0 Å². The lowest BCUT2D eigenvalue weighted by atomic mass is 9.87. The normalized spacial score (nSPS) is 12.6. The van der Waals surface area contributed by atoms with Crippen molar-refractivity contribution in [3.05, 3.63) is 29.8 Å². The summed E-state index contributed by atoms with van der Waals surface area (Å²) in [6, 6.07) is 8.05. The third-order valence-corrected chi connectivity index (χ3v) is 2.47. The number of rotatable bonds is 3. The van der Waals surface area contributed by atoms with Gasteiger partial charge in [-0.15, -0.1) is 0 Å². The summed E-state index contributed by atoms with van der Waals surface area (Å²) in [5, 5.41) is 9.16. The predicted molar refractivity (Wildman–Crippen MR) is 66.9 cm³/mol. The van der Waals surface area contributed by atoms with Crippen molar-refractivity contribution in [3.63, 3.8) is 0 Å². The Morgan fingerprint density at radius 2 is 1.75 bits per heavy atom. The molecule has 1 aromatic carbocycles. The molecule has 0 amide bonds. The van der Waals surface area contributed by atoms with Crippen LogP contribution in [0.25, 0.3) is 0 Å². The molecule has 0 aromatic heterocycles. The van der Waals surface area contributed by atoms with Crippen molar-refractivity contribution in [3.8, 4) is 5.75 Å². The van der Waals surface area contributed by atoms with E-state index in [1.165, 1.54) is 5.56 Å². The van der Waals surface area contributed by atoms with Crippen molar-refractivity contribution in [2.75, 3.05) is 6.61 Å². The Morgan fingerprint density at radius 3 is 2.25 bits per heavy atom. The van der Waals surface area contributed by atoms with E-state index in [1.54, 1.807) is 0 Å². The Labute approximate surface area is 98.3 Å². The molecule has 0 radical (unpaired) electrons. The largest absolute Gasteiger partial charge is 0.485 e. The third kappa shape index (κ3) is 3.53. The molecule has 0 saturated carbocycles. The number of aliphatic hydroxyl groups is 1. The van der Waals surface area contributed by atoms with Crippen LogP contribution in [0.3, 0.4) is 0 Å². The van der Waals surface area contributed by atoms with E-state index < -0.39 is 5.60 Å². The molecule has 0 saturated heterocycles. The van der Waals surface area contributed by atoms with E-state index in [9.17, 15) is 0 Å². The molecule has 2 nitrogen and oxygen atoms in total. The highest BCUT2D eigenvalue weighted by atomic mass is 16.5. The minimum Gasteiger partial charge on any atom is -0.485 e. The van der Waals surface area contributed by atoms with Gasteiger partial charge in [-0.05, 0) is 37.0 Å². The lowest BCUT2D eigenvalue weighted by Crippen LogP contribution is -2.32. The van der Waals surface area contributed by atoms with Gasteiger partial charge in [0.25, 0.3) is 0 Å². The predicted octanol–water partition coefficient (Wildman–Crippen LogP) is 3.13. The molecule has 1 N–H and O–H groups in total. The molecule has 0 bridgehead atoms. The van der Waals surface area contributed by atoms with Gasteiger partial charge in [0.2, 0.25) is 0 Å². The Hall–Kier alpha value is -1.02. The highest BCUT2D eigenvalue weighted by Crippen LogP contribution is 2.27. The van der Waals surface area contributed by atoms with Crippen LogP contribution in [0.15, 0.2) is 24.3 Å². The van der Waals surface area contributed by atoms with Crippen molar-refractivity contribution in [2.45, 2.75) is 45.6 Å². The topological polar surface area (TPSA) is 29.5 Å². The van der Waals surface area contributed by atoms with Gasteiger partial charge in [-0.25, -0.2) is 0 Å².